The highest BCUT2D eigenvalue weighted by Gasteiger charge is 2.43. The molecule has 32 heavy (non-hydrogen) atoms. The molecule has 9 heteroatoms. The fourth-order valence-corrected chi connectivity index (χ4v) is 4.69. The Labute approximate surface area is 190 Å². The van der Waals surface area contributed by atoms with Gasteiger partial charge in [-0.15, -0.1) is 0 Å². The quantitative estimate of drug-likeness (QED) is 0.718. The highest BCUT2D eigenvalue weighted by Crippen LogP contribution is 2.48. The van der Waals surface area contributed by atoms with E-state index >= 15 is 0 Å². The van der Waals surface area contributed by atoms with Crippen molar-refractivity contribution < 1.29 is 14.3 Å². The number of para-hydroxylation sites is 2. The van der Waals surface area contributed by atoms with Gasteiger partial charge in [-0.25, -0.2) is 4.99 Å². The summed E-state index contributed by atoms with van der Waals surface area (Å²) in [4.78, 5) is 20.1. The first kappa shape index (κ1) is 21.3. The zero-order valence-corrected chi connectivity index (χ0v) is 18.6. The second kappa shape index (κ2) is 8.69. The van der Waals surface area contributed by atoms with Crippen LogP contribution in [0.1, 0.15) is 18.5 Å². The first-order chi connectivity index (χ1) is 15.5. The van der Waals surface area contributed by atoms with Gasteiger partial charge in [0.05, 0.1) is 31.5 Å². The number of nitriles is 1. The molecular formula is C23H21N5O3S. The van der Waals surface area contributed by atoms with Gasteiger partial charge in [0, 0.05) is 11.3 Å². The number of carbonyl (C=O) groups is 1. The highest BCUT2D eigenvalue weighted by atomic mass is 32.2. The summed E-state index contributed by atoms with van der Waals surface area (Å²) in [6.45, 7) is 1.77. The fourth-order valence-electron chi connectivity index (χ4n) is 3.77. The van der Waals surface area contributed by atoms with Crippen molar-refractivity contribution in [1.82, 2.24) is 4.90 Å². The average Bonchev–Trinajstić information content (AvgIpc) is 3.12. The molecule has 162 valence electrons. The molecule has 1 atom stereocenters. The summed E-state index contributed by atoms with van der Waals surface area (Å²) in [6, 6.07) is 16.0. The molecule has 2 aliphatic heterocycles. The Balaban J connectivity index is 1.90. The van der Waals surface area contributed by atoms with Crippen LogP contribution in [0.2, 0.25) is 0 Å². The van der Waals surface area contributed by atoms with E-state index in [0.29, 0.717) is 44.1 Å². The number of rotatable bonds is 5. The summed E-state index contributed by atoms with van der Waals surface area (Å²) >= 11 is 1.18. The predicted molar refractivity (Wildman–Crippen MR) is 124 cm³/mol. The summed E-state index contributed by atoms with van der Waals surface area (Å²) in [7, 11) is 3.09. The van der Waals surface area contributed by atoms with Crippen LogP contribution in [-0.2, 0) is 4.79 Å². The van der Waals surface area contributed by atoms with Crippen LogP contribution in [0.15, 0.2) is 75.5 Å². The molecule has 0 unspecified atom stereocenters. The van der Waals surface area contributed by atoms with Gasteiger partial charge in [0.25, 0.3) is 5.91 Å². The number of allylic oxidation sites excluding steroid dienone is 2. The molecule has 0 bridgehead atoms. The van der Waals surface area contributed by atoms with E-state index in [9.17, 15) is 10.1 Å². The Morgan fingerprint density at radius 2 is 1.94 bits per heavy atom. The lowest BCUT2D eigenvalue weighted by molar-refractivity contribution is -0.113. The topological polar surface area (TPSA) is 113 Å². The lowest BCUT2D eigenvalue weighted by Crippen LogP contribution is -2.39. The monoisotopic (exact) mass is 447 g/mol. The molecule has 1 amide bonds. The SMILES string of the molecule is COc1cccc([C@H]2C(C(=O)Nc3ccccc3)=C(C)N=C3SC(C#N)=C(N)N32)c1OC. The predicted octanol–water partition coefficient (Wildman–Crippen LogP) is 3.73. The Morgan fingerprint density at radius 1 is 1.19 bits per heavy atom. The van der Waals surface area contributed by atoms with Crippen molar-refractivity contribution >= 4 is 28.5 Å². The number of nitrogens with two attached hydrogens (primary N) is 1. The molecule has 0 spiro atoms. The normalized spacial score (nSPS) is 17.5. The van der Waals surface area contributed by atoms with Gasteiger partial charge in [-0.2, -0.15) is 5.26 Å². The van der Waals surface area contributed by atoms with Gasteiger partial charge in [-0.05, 0) is 36.9 Å². The van der Waals surface area contributed by atoms with Crippen LogP contribution >= 0.6 is 11.8 Å². The number of hydrogen-bond donors (Lipinski definition) is 2. The summed E-state index contributed by atoms with van der Waals surface area (Å²) in [5.74, 6) is 0.907. The van der Waals surface area contributed by atoms with Crippen molar-refractivity contribution in [2.24, 2.45) is 10.7 Å². The largest absolute Gasteiger partial charge is 0.493 e. The number of thioether (sulfide) groups is 1. The van der Waals surface area contributed by atoms with E-state index < -0.39 is 6.04 Å². The highest BCUT2D eigenvalue weighted by molar-refractivity contribution is 8.17. The lowest BCUT2D eigenvalue weighted by atomic mass is 9.92. The molecule has 2 aromatic carbocycles. The first-order valence-corrected chi connectivity index (χ1v) is 10.6. The number of amides is 1. The van der Waals surface area contributed by atoms with Gasteiger partial charge >= 0.3 is 0 Å². The second-order valence-corrected chi connectivity index (χ2v) is 7.97. The van der Waals surface area contributed by atoms with Crippen LogP contribution < -0.4 is 20.5 Å². The van der Waals surface area contributed by atoms with Crippen molar-refractivity contribution in [3.8, 4) is 17.6 Å². The van der Waals surface area contributed by atoms with Gasteiger partial charge in [-0.3, -0.25) is 9.69 Å². The van der Waals surface area contributed by atoms with E-state index in [-0.39, 0.29) is 11.7 Å². The maximum atomic E-state index is 13.5. The van der Waals surface area contributed by atoms with E-state index in [1.807, 2.05) is 30.3 Å². The number of hydrogen-bond acceptors (Lipinski definition) is 8. The molecule has 0 fully saturated rings. The van der Waals surface area contributed by atoms with E-state index in [1.54, 1.807) is 37.1 Å². The molecule has 0 saturated heterocycles. The number of fused-ring (bicyclic) bond motifs is 1. The number of methoxy groups -OCH3 is 2. The molecule has 0 aliphatic carbocycles. The third-order valence-corrected chi connectivity index (χ3v) is 6.16. The summed E-state index contributed by atoms with van der Waals surface area (Å²) in [5, 5.41) is 13.0. The van der Waals surface area contributed by atoms with Crippen molar-refractivity contribution in [2.45, 2.75) is 13.0 Å². The number of anilines is 1. The minimum atomic E-state index is -0.672. The smallest absolute Gasteiger partial charge is 0.255 e. The van der Waals surface area contributed by atoms with Crippen LogP contribution in [-0.4, -0.2) is 30.2 Å². The first-order valence-electron chi connectivity index (χ1n) is 9.73. The third kappa shape index (κ3) is 3.55. The van der Waals surface area contributed by atoms with Crippen LogP contribution in [0.5, 0.6) is 11.5 Å². The zero-order chi connectivity index (χ0) is 22.8. The van der Waals surface area contributed by atoms with Gasteiger partial charge < -0.3 is 20.5 Å². The summed E-state index contributed by atoms with van der Waals surface area (Å²) in [5.41, 5.74) is 8.59. The second-order valence-electron chi connectivity index (χ2n) is 7.00. The van der Waals surface area contributed by atoms with Gasteiger partial charge in [0.15, 0.2) is 16.7 Å². The lowest BCUT2D eigenvalue weighted by Gasteiger charge is -2.36. The molecule has 0 aromatic heterocycles. The number of nitrogens with one attached hydrogen (secondary N) is 1. The zero-order valence-electron chi connectivity index (χ0n) is 17.7. The number of nitrogens with zero attached hydrogens (tertiary/aromatic N) is 3. The van der Waals surface area contributed by atoms with E-state index in [4.69, 9.17) is 15.2 Å². The molecular weight excluding hydrogens is 426 g/mol. The molecule has 4 rings (SSSR count). The summed E-state index contributed by atoms with van der Waals surface area (Å²) < 4.78 is 11.1. The van der Waals surface area contributed by atoms with Gasteiger partial charge in [0.2, 0.25) is 0 Å². The number of carbonyl (C=O) groups excluding carboxylic acids is 1. The van der Waals surface area contributed by atoms with Gasteiger partial charge in [0.1, 0.15) is 16.8 Å². The third-order valence-electron chi connectivity index (χ3n) is 5.18. The maximum absolute atomic E-state index is 13.5. The van der Waals surface area contributed by atoms with Crippen LogP contribution in [0.3, 0.4) is 0 Å². The fraction of sp³-hybridized carbons (Fsp3) is 0.174. The van der Waals surface area contributed by atoms with Gasteiger partial charge in [-0.1, -0.05) is 30.3 Å². The molecule has 3 N–H and O–H groups in total. The van der Waals surface area contributed by atoms with E-state index in [1.165, 1.54) is 18.9 Å². The number of ether oxygens (including phenoxy) is 2. The van der Waals surface area contributed by atoms with Crippen molar-refractivity contribution in [3.63, 3.8) is 0 Å². The number of amidine groups is 1. The Morgan fingerprint density at radius 3 is 2.59 bits per heavy atom. The van der Waals surface area contributed by atoms with Crippen molar-refractivity contribution in [1.29, 1.82) is 5.26 Å². The van der Waals surface area contributed by atoms with E-state index in [2.05, 4.69) is 16.4 Å². The molecule has 0 saturated carbocycles. The molecule has 0 radical (unpaired) electrons. The standard InChI is InChI=1S/C23H21N5O3S/c1-13-18(22(29)27-14-8-5-4-6-9-14)19(15-10-7-11-16(30-2)20(15)31-3)28-21(25)17(12-24)32-23(28)26-13/h4-11,19H,25H2,1-3H3,(H,27,29)/t19-/m0/s1. The Bertz CT molecular complexity index is 1210. The van der Waals surface area contributed by atoms with Crippen molar-refractivity contribution in [2.75, 3.05) is 19.5 Å². The molecule has 2 aromatic rings. The Hall–Kier alpha value is -3.90. The van der Waals surface area contributed by atoms with Crippen LogP contribution in [0.4, 0.5) is 5.69 Å². The van der Waals surface area contributed by atoms with E-state index in [0.717, 1.165) is 0 Å². The minimum Gasteiger partial charge on any atom is -0.493 e. The minimum absolute atomic E-state index is 0.239. The van der Waals surface area contributed by atoms with Crippen LogP contribution in [0.25, 0.3) is 0 Å². The maximum Gasteiger partial charge on any atom is 0.255 e. The van der Waals surface area contributed by atoms with Crippen molar-refractivity contribution in [3.05, 3.63) is 76.1 Å². The number of aliphatic imine (C=N–C) groups is 1. The number of benzene rings is 2. The average molecular weight is 448 g/mol. The molecule has 2 aliphatic rings. The Kier molecular flexibility index (Phi) is 5.79. The molecule has 2 heterocycles. The summed E-state index contributed by atoms with van der Waals surface area (Å²) in [6.07, 6.45) is 0. The van der Waals surface area contributed by atoms with Crippen LogP contribution in [0, 0.1) is 11.3 Å². The molecule has 8 nitrogen and oxygen atoms in total.